The molecule has 158 valence electrons. The van der Waals surface area contributed by atoms with E-state index in [1.807, 2.05) is 17.0 Å². The number of likely N-dealkylation sites (tertiary alicyclic amines) is 1. The molecule has 2 saturated heterocycles. The number of rotatable bonds is 5. The number of piperidine rings is 2. The molecule has 5 nitrogen and oxygen atoms in total. The Hall–Kier alpha value is -1.04. The number of halogens is 2. The zero-order chi connectivity index (χ0) is 17.9. The molecule has 1 saturated carbocycles. The van der Waals surface area contributed by atoms with Crippen molar-refractivity contribution in [2.75, 3.05) is 37.6 Å². The summed E-state index contributed by atoms with van der Waals surface area (Å²) in [6, 6.07) is 4.56. The highest BCUT2D eigenvalue weighted by atomic mass is 35.5. The van der Waals surface area contributed by atoms with Gasteiger partial charge in [0.1, 0.15) is 5.82 Å². The molecule has 1 aromatic heterocycles. The fourth-order valence-electron chi connectivity index (χ4n) is 4.06. The first kappa shape index (κ1) is 23.2. The fraction of sp³-hybridized carbons (Fsp3) is 0.714. The SMILES string of the molecule is CC1CCN(c2ccc(C(=O)N3CCC(NCC4CC4)CC3)cn2)CC1.Cl.Cl. The average Bonchev–Trinajstić information content (AvgIpc) is 3.52. The lowest BCUT2D eigenvalue weighted by molar-refractivity contribution is 0.0704. The molecule has 4 rings (SSSR count). The minimum Gasteiger partial charge on any atom is -0.357 e. The van der Waals surface area contributed by atoms with E-state index in [4.69, 9.17) is 0 Å². The third kappa shape index (κ3) is 5.98. The second kappa shape index (κ2) is 10.7. The summed E-state index contributed by atoms with van der Waals surface area (Å²) in [6.45, 7) is 7.34. The number of pyridine rings is 1. The molecule has 0 unspecified atom stereocenters. The van der Waals surface area contributed by atoms with Gasteiger partial charge in [-0.25, -0.2) is 4.98 Å². The summed E-state index contributed by atoms with van der Waals surface area (Å²) < 4.78 is 0. The van der Waals surface area contributed by atoms with Gasteiger partial charge in [-0.1, -0.05) is 6.92 Å². The summed E-state index contributed by atoms with van der Waals surface area (Å²) in [5, 5.41) is 3.67. The Kier molecular flexibility index (Phi) is 8.84. The van der Waals surface area contributed by atoms with Crippen LogP contribution in [0.2, 0.25) is 0 Å². The first-order valence-electron chi connectivity index (χ1n) is 10.4. The molecule has 1 N–H and O–H groups in total. The van der Waals surface area contributed by atoms with Crippen molar-refractivity contribution in [2.45, 2.75) is 51.5 Å². The number of carbonyl (C=O) groups is 1. The highest BCUT2D eigenvalue weighted by Gasteiger charge is 2.26. The van der Waals surface area contributed by atoms with E-state index in [1.165, 1.54) is 32.2 Å². The monoisotopic (exact) mass is 428 g/mol. The molecule has 2 aliphatic heterocycles. The lowest BCUT2D eigenvalue weighted by Crippen LogP contribution is -2.45. The number of nitrogens with zero attached hydrogens (tertiary/aromatic N) is 3. The van der Waals surface area contributed by atoms with Crippen LogP contribution in [0.25, 0.3) is 0 Å². The summed E-state index contributed by atoms with van der Waals surface area (Å²) in [5.41, 5.74) is 0.725. The largest absolute Gasteiger partial charge is 0.357 e. The molecule has 0 bridgehead atoms. The van der Waals surface area contributed by atoms with E-state index in [9.17, 15) is 4.79 Å². The summed E-state index contributed by atoms with van der Waals surface area (Å²) in [7, 11) is 0. The Morgan fingerprint density at radius 3 is 2.29 bits per heavy atom. The van der Waals surface area contributed by atoms with Crippen LogP contribution in [-0.2, 0) is 0 Å². The minimum atomic E-state index is 0. The quantitative estimate of drug-likeness (QED) is 0.774. The summed E-state index contributed by atoms with van der Waals surface area (Å²) in [4.78, 5) is 21.7. The zero-order valence-electron chi connectivity index (χ0n) is 16.8. The second-order valence-corrected chi connectivity index (χ2v) is 8.49. The van der Waals surface area contributed by atoms with Crippen LogP contribution in [0, 0.1) is 11.8 Å². The van der Waals surface area contributed by atoms with E-state index < -0.39 is 0 Å². The number of aromatic nitrogens is 1. The predicted molar refractivity (Wildman–Crippen MR) is 119 cm³/mol. The highest BCUT2D eigenvalue weighted by Crippen LogP contribution is 2.28. The zero-order valence-corrected chi connectivity index (χ0v) is 18.4. The van der Waals surface area contributed by atoms with E-state index in [2.05, 4.69) is 22.1 Å². The molecule has 3 aliphatic rings. The molecular weight excluding hydrogens is 395 g/mol. The normalized spacial score (nSPS) is 21.0. The maximum atomic E-state index is 12.8. The predicted octanol–water partition coefficient (Wildman–Crippen LogP) is 3.77. The first-order chi connectivity index (χ1) is 12.7. The van der Waals surface area contributed by atoms with Crippen LogP contribution < -0.4 is 10.2 Å². The van der Waals surface area contributed by atoms with Crippen molar-refractivity contribution < 1.29 is 4.79 Å². The summed E-state index contributed by atoms with van der Waals surface area (Å²) in [5.74, 6) is 2.88. The van der Waals surface area contributed by atoms with Crippen LogP contribution in [0.1, 0.15) is 55.8 Å². The van der Waals surface area contributed by atoms with Crippen LogP contribution in [0.3, 0.4) is 0 Å². The van der Waals surface area contributed by atoms with Gasteiger partial charge in [0.25, 0.3) is 5.91 Å². The number of hydrogen-bond donors (Lipinski definition) is 1. The minimum absolute atomic E-state index is 0. The number of nitrogens with one attached hydrogen (secondary N) is 1. The van der Waals surface area contributed by atoms with Crippen molar-refractivity contribution in [3.05, 3.63) is 23.9 Å². The molecular formula is C21H34Cl2N4O. The van der Waals surface area contributed by atoms with Crippen molar-refractivity contribution in [3.63, 3.8) is 0 Å². The Bertz CT molecular complexity index is 607. The highest BCUT2D eigenvalue weighted by molar-refractivity contribution is 5.94. The van der Waals surface area contributed by atoms with Gasteiger partial charge in [0.05, 0.1) is 5.56 Å². The number of anilines is 1. The molecule has 0 spiro atoms. The third-order valence-corrected chi connectivity index (χ3v) is 6.28. The number of hydrogen-bond acceptors (Lipinski definition) is 4. The average molecular weight is 429 g/mol. The van der Waals surface area contributed by atoms with Gasteiger partial charge >= 0.3 is 0 Å². The van der Waals surface area contributed by atoms with Gasteiger partial charge in [-0.05, 0) is 69.0 Å². The lowest BCUT2D eigenvalue weighted by Gasteiger charge is -2.33. The Balaban J connectivity index is 0.00000140. The molecule has 3 fully saturated rings. The smallest absolute Gasteiger partial charge is 0.255 e. The van der Waals surface area contributed by atoms with E-state index >= 15 is 0 Å². The second-order valence-electron chi connectivity index (χ2n) is 8.49. The van der Waals surface area contributed by atoms with Crippen LogP contribution >= 0.6 is 24.8 Å². The first-order valence-corrected chi connectivity index (χ1v) is 10.4. The maximum Gasteiger partial charge on any atom is 0.255 e. The van der Waals surface area contributed by atoms with Crippen molar-refractivity contribution in [2.24, 2.45) is 11.8 Å². The van der Waals surface area contributed by atoms with Crippen molar-refractivity contribution >= 4 is 36.5 Å². The number of carbonyl (C=O) groups excluding carboxylic acids is 1. The van der Waals surface area contributed by atoms with Gasteiger partial charge in [0.2, 0.25) is 0 Å². The Morgan fingerprint density at radius 2 is 1.71 bits per heavy atom. The summed E-state index contributed by atoms with van der Waals surface area (Å²) >= 11 is 0. The molecule has 0 radical (unpaired) electrons. The van der Waals surface area contributed by atoms with Crippen LogP contribution in [-0.4, -0.2) is 54.6 Å². The van der Waals surface area contributed by atoms with E-state index in [-0.39, 0.29) is 30.7 Å². The summed E-state index contributed by atoms with van der Waals surface area (Å²) in [6.07, 6.45) is 9.14. The van der Waals surface area contributed by atoms with Crippen LogP contribution in [0.5, 0.6) is 0 Å². The maximum absolute atomic E-state index is 12.8. The topological polar surface area (TPSA) is 48.5 Å². The molecule has 28 heavy (non-hydrogen) atoms. The Morgan fingerprint density at radius 1 is 1.04 bits per heavy atom. The molecule has 1 aromatic rings. The molecule has 3 heterocycles. The van der Waals surface area contributed by atoms with Crippen molar-refractivity contribution in [1.29, 1.82) is 0 Å². The van der Waals surface area contributed by atoms with Crippen molar-refractivity contribution in [1.82, 2.24) is 15.2 Å². The van der Waals surface area contributed by atoms with E-state index in [0.717, 1.165) is 62.2 Å². The van der Waals surface area contributed by atoms with Gasteiger partial charge in [-0.15, -0.1) is 24.8 Å². The van der Waals surface area contributed by atoms with E-state index in [0.29, 0.717) is 6.04 Å². The van der Waals surface area contributed by atoms with E-state index in [1.54, 1.807) is 6.20 Å². The van der Waals surface area contributed by atoms with Gasteiger partial charge in [0.15, 0.2) is 0 Å². The molecule has 7 heteroatoms. The van der Waals surface area contributed by atoms with Crippen molar-refractivity contribution in [3.8, 4) is 0 Å². The molecule has 0 atom stereocenters. The Labute approximate surface area is 181 Å². The molecule has 1 aliphatic carbocycles. The van der Waals surface area contributed by atoms with Gasteiger partial charge in [-0.2, -0.15) is 0 Å². The van der Waals surface area contributed by atoms with Gasteiger partial charge in [0, 0.05) is 38.4 Å². The molecule has 0 aromatic carbocycles. The van der Waals surface area contributed by atoms with Crippen LogP contribution in [0.4, 0.5) is 5.82 Å². The lowest BCUT2D eigenvalue weighted by atomic mass is 9.99. The fourth-order valence-corrected chi connectivity index (χ4v) is 4.06. The number of amides is 1. The standard InChI is InChI=1S/C21H32N4O.2ClH/c1-16-6-10-24(11-7-16)20-5-4-18(15-23-20)21(26)25-12-8-19(9-13-25)22-14-17-2-3-17;;/h4-5,15-17,19,22H,2-3,6-14H2,1H3;2*1H. The van der Waals surface area contributed by atoms with Gasteiger partial charge in [-0.3, -0.25) is 4.79 Å². The molecule has 1 amide bonds. The third-order valence-electron chi connectivity index (χ3n) is 6.28. The van der Waals surface area contributed by atoms with Crippen LogP contribution in [0.15, 0.2) is 18.3 Å². The van der Waals surface area contributed by atoms with Gasteiger partial charge < -0.3 is 15.1 Å².